The summed E-state index contributed by atoms with van der Waals surface area (Å²) in [6.45, 7) is 4.57. The Bertz CT molecular complexity index is 783. The first-order valence-electron chi connectivity index (χ1n) is 24.0. The summed E-state index contributed by atoms with van der Waals surface area (Å²) in [5.41, 5.74) is 0. The normalized spacial score (nSPS) is 16.0. The minimum Gasteiger partial charge on any atom is -0.353 e. The van der Waals surface area contributed by atoms with Gasteiger partial charge in [-0.2, -0.15) is 0 Å². The fourth-order valence-electron chi connectivity index (χ4n) is 7.97. The van der Waals surface area contributed by atoms with E-state index < -0.39 is 0 Å². The Morgan fingerprint density at radius 1 is 0.377 bits per heavy atom. The molecule has 2 amide bonds. The molecule has 1 saturated carbocycles. The second-order valence-corrected chi connectivity index (χ2v) is 16.8. The molecule has 4 nitrogen and oxygen atoms in total. The van der Waals surface area contributed by atoms with Crippen LogP contribution in [0.2, 0.25) is 0 Å². The molecule has 0 aromatic heterocycles. The maximum Gasteiger partial charge on any atom is 0.220 e. The second kappa shape index (κ2) is 40.1. The van der Waals surface area contributed by atoms with Gasteiger partial charge in [0.2, 0.25) is 11.8 Å². The van der Waals surface area contributed by atoms with Gasteiger partial charge in [0.25, 0.3) is 0 Å². The molecule has 0 aromatic rings. The third-order valence-corrected chi connectivity index (χ3v) is 11.5. The third-order valence-electron chi connectivity index (χ3n) is 11.5. The number of carbonyl (C=O) groups excluding carboxylic acids is 2. The van der Waals surface area contributed by atoms with Gasteiger partial charge in [-0.25, -0.2) is 0 Å². The summed E-state index contributed by atoms with van der Waals surface area (Å²) in [6, 6.07) is 0.463. The fraction of sp³-hybridized carbons (Fsp3) is 0.878. The van der Waals surface area contributed by atoms with E-state index in [0.29, 0.717) is 12.8 Å². The molecule has 0 saturated heterocycles. The van der Waals surface area contributed by atoms with E-state index in [1.54, 1.807) is 0 Å². The summed E-state index contributed by atoms with van der Waals surface area (Å²) in [5, 5.41) is 6.50. The standard InChI is InChI=1S/C49H92N2O2/c1-3-5-7-9-11-13-15-17-19-21-23-25-27-29-31-33-35-37-39-41-48(52)50-46-43-44-47(45-46)51-49(53)42-40-38-36-34-32-30-28-26-24-22-20-18-16-14-12-10-8-6-4-2/h17-20,46-47H,3-16,21-45H2,1-2H3,(H,50,52)(H,51,53)/t46-,47+. The van der Waals surface area contributed by atoms with E-state index in [1.165, 1.54) is 193 Å². The Morgan fingerprint density at radius 3 is 0.906 bits per heavy atom. The smallest absolute Gasteiger partial charge is 0.220 e. The Balaban J connectivity index is 1.83. The van der Waals surface area contributed by atoms with Gasteiger partial charge < -0.3 is 10.6 Å². The largest absolute Gasteiger partial charge is 0.353 e. The zero-order valence-corrected chi connectivity index (χ0v) is 35.9. The summed E-state index contributed by atoms with van der Waals surface area (Å²) in [6.07, 6.45) is 58.6. The quantitative estimate of drug-likeness (QED) is 0.0485. The van der Waals surface area contributed by atoms with Gasteiger partial charge in [0.05, 0.1) is 0 Å². The van der Waals surface area contributed by atoms with Crippen molar-refractivity contribution in [2.24, 2.45) is 0 Å². The fourth-order valence-corrected chi connectivity index (χ4v) is 7.97. The van der Waals surface area contributed by atoms with Gasteiger partial charge in [0.1, 0.15) is 0 Å². The van der Waals surface area contributed by atoms with Gasteiger partial charge in [0, 0.05) is 24.9 Å². The van der Waals surface area contributed by atoms with Gasteiger partial charge in [-0.05, 0) is 83.5 Å². The van der Waals surface area contributed by atoms with E-state index in [-0.39, 0.29) is 23.9 Å². The van der Waals surface area contributed by atoms with Crippen LogP contribution in [-0.2, 0) is 9.59 Å². The van der Waals surface area contributed by atoms with Crippen LogP contribution in [0.1, 0.15) is 264 Å². The molecule has 0 radical (unpaired) electrons. The van der Waals surface area contributed by atoms with E-state index in [1.807, 2.05) is 0 Å². The van der Waals surface area contributed by atoms with E-state index in [2.05, 4.69) is 48.8 Å². The molecule has 1 aliphatic carbocycles. The van der Waals surface area contributed by atoms with Gasteiger partial charge in [-0.3, -0.25) is 9.59 Å². The number of nitrogens with one attached hydrogen (secondary N) is 2. The summed E-state index contributed by atoms with van der Waals surface area (Å²) in [4.78, 5) is 25.0. The summed E-state index contributed by atoms with van der Waals surface area (Å²) in [7, 11) is 0. The molecule has 310 valence electrons. The molecule has 0 spiro atoms. The van der Waals surface area contributed by atoms with E-state index in [9.17, 15) is 9.59 Å². The van der Waals surface area contributed by atoms with Crippen molar-refractivity contribution in [3.05, 3.63) is 24.3 Å². The minimum atomic E-state index is 0.203. The first-order valence-corrected chi connectivity index (χ1v) is 24.0. The third kappa shape index (κ3) is 35.9. The van der Waals surface area contributed by atoms with Crippen LogP contribution < -0.4 is 10.6 Å². The zero-order chi connectivity index (χ0) is 38.1. The first kappa shape index (κ1) is 49.4. The van der Waals surface area contributed by atoms with Crippen molar-refractivity contribution in [1.29, 1.82) is 0 Å². The van der Waals surface area contributed by atoms with Crippen molar-refractivity contribution in [2.45, 2.75) is 276 Å². The van der Waals surface area contributed by atoms with Crippen LogP contribution in [0, 0.1) is 0 Å². The predicted molar refractivity (Wildman–Crippen MR) is 234 cm³/mol. The van der Waals surface area contributed by atoms with Crippen LogP contribution in [0.4, 0.5) is 0 Å². The van der Waals surface area contributed by atoms with Crippen LogP contribution in [-0.4, -0.2) is 23.9 Å². The lowest BCUT2D eigenvalue weighted by Crippen LogP contribution is -2.37. The number of hydrogen-bond acceptors (Lipinski definition) is 2. The monoisotopic (exact) mass is 741 g/mol. The van der Waals surface area contributed by atoms with Crippen LogP contribution in [0.25, 0.3) is 0 Å². The van der Waals surface area contributed by atoms with Gasteiger partial charge >= 0.3 is 0 Å². The average Bonchev–Trinajstić information content (AvgIpc) is 3.59. The molecule has 0 aliphatic heterocycles. The highest BCUT2D eigenvalue weighted by Crippen LogP contribution is 2.20. The molecular formula is C49H92N2O2. The highest BCUT2D eigenvalue weighted by atomic mass is 16.2. The van der Waals surface area contributed by atoms with Gasteiger partial charge in [-0.1, -0.05) is 192 Å². The average molecular weight is 741 g/mol. The first-order chi connectivity index (χ1) is 26.2. The summed E-state index contributed by atoms with van der Waals surface area (Å²) in [5.74, 6) is 0.406. The minimum absolute atomic E-state index is 0.203. The Labute approximate surface area is 331 Å². The lowest BCUT2D eigenvalue weighted by molar-refractivity contribution is -0.122. The number of hydrogen-bond donors (Lipinski definition) is 2. The van der Waals surface area contributed by atoms with Crippen molar-refractivity contribution >= 4 is 11.8 Å². The molecule has 2 atom stereocenters. The highest BCUT2D eigenvalue weighted by Gasteiger charge is 2.26. The SMILES string of the molecule is CCCCCCCCC=CCCCCCCCCCCCC(=O)N[C@@H]1CC[C@H](NC(=O)CCCCCCCCCCCC=CCCCCCCCC)C1. The molecule has 2 N–H and O–H groups in total. The molecule has 4 heteroatoms. The Hall–Kier alpha value is -1.58. The lowest BCUT2D eigenvalue weighted by Gasteiger charge is -2.15. The van der Waals surface area contributed by atoms with Crippen LogP contribution in [0.3, 0.4) is 0 Å². The number of carbonyl (C=O) groups is 2. The topological polar surface area (TPSA) is 58.2 Å². The van der Waals surface area contributed by atoms with Crippen molar-refractivity contribution < 1.29 is 9.59 Å². The van der Waals surface area contributed by atoms with Crippen molar-refractivity contribution in [3.8, 4) is 0 Å². The zero-order valence-electron chi connectivity index (χ0n) is 35.9. The van der Waals surface area contributed by atoms with E-state index >= 15 is 0 Å². The molecule has 0 bridgehead atoms. The molecular weight excluding hydrogens is 649 g/mol. The molecule has 1 fully saturated rings. The molecule has 53 heavy (non-hydrogen) atoms. The molecule has 1 aliphatic rings. The maximum atomic E-state index is 12.5. The summed E-state index contributed by atoms with van der Waals surface area (Å²) < 4.78 is 0. The number of rotatable bonds is 40. The number of unbranched alkanes of at least 4 members (excludes halogenated alkanes) is 30. The van der Waals surface area contributed by atoms with Crippen LogP contribution in [0.5, 0.6) is 0 Å². The van der Waals surface area contributed by atoms with Crippen LogP contribution in [0.15, 0.2) is 24.3 Å². The highest BCUT2D eigenvalue weighted by molar-refractivity contribution is 5.77. The molecule has 0 aromatic carbocycles. The van der Waals surface area contributed by atoms with Crippen LogP contribution >= 0.6 is 0 Å². The predicted octanol–water partition coefficient (Wildman–Crippen LogP) is 15.3. The number of amides is 2. The summed E-state index contributed by atoms with van der Waals surface area (Å²) >= 11 is 0. The Kier molecular flexibility index (Phi) is 37.4. The molecule has 1 rings (SSSR count). The van der Waals surface area contributed by atoms with Crippen molar-refractivity contribution in [1.82, 2.24) is 10.6 Å². The molecule has 0 heterocycles. The Morgan fingerprint density at radius 2 is 0.623 bits per heavy atom. The van der Waals surface area contributed by atoms with Crippen molar-refractivity contribution in [2.75, 3.05) is 0 Å². The van der Waals surface area contributed by atoms with Crippen molar-refractivity contribution in [3.63, 3.8) is 0 Å². The number of allylic oxidation sites excluding steroid dienone is 4. The second-order valence-electron chi connectivity index (χ2n) is 16.8. The van der Waals surface area contributed by atoms with Gasteiger partial charge in [-0.15, -0.1) is 0 Å². The lowest BCUT2D eigenvalue weighted by atomic mass is 10.0. The maximum absolute atomic E-state index is 12.5. The van der Waals surface area contributed by atoms with Gasteiger partial charge in [0.15, 0.2) is 0 Å². The van der Waals surface area contributed by atoms with E-state index in [4.69, 9.17) is 0 Å². The molecule has 0 unspecified atom stereocenters. The van der Waals surface area contributed by atoms with E-state index in [0.717, 1.165) is 44.9 Å².